The topological polar surface area (TPSA) is 67.8 Å². The van der Waals surface area contributed by atoms with Crippen molar-refractivity contribution in [2.75, 3.05) is 6.61 Å². The zero-order valence-corrected chi connectivity index (χ0v) is 11.4. The van der Waals surface area contributed by atoms with Crippen LogP contribution < -0.4 is 10.5 Å². The first-order chi connectivity index (χ1) is 8.60. The van der Waals surface area contributed by atoms with Crippen molar-refractivity contribution in [2.24, 2.45) is 16.8 Å². The fourth-order valence-corrected chi connectivity index (χ4v) is 1.99. The second-order valence-corrected chi connectivity index (χ2v) is 4.71. The van der Waals surface area contributed by atoms with Gasteiger partial charge in [-0.25, -0.2) is 0 Å². The second kappa shape index (κ2) is 7.11. The Hall–Kier alpha value is -1.42. The average molecular weight is 271 g/mol. The molecule has 0 spiro atoms. The van der Waals surface area contributed by atoms with E-state index >= 15 is 0 Å². The highest BCUT2D eigenvalue weighted by molar-refractivity contribution is 6.34. The molecule has 0 heterocycles. The van der Waals surface area contributed by atoms with Crippen LogP contribution in [-0.4, -0.2) is 17.6 Å². The van der Waals surface area contributed by atoms with E-state index in [1.807, 2.05) is 0 Å². The van der Waals surface area contributed by atoms with Crippen molar-refractivity contribution < 1.29 is 9.94 Å². The molecule has 100 valence electrons. The van der Waals surface area contributed by atoms with Crippen LogP contribution in [0.25, 0.3) is 0 Å². The number of amidine groups is 1. The van der Waals surface area contributed by atoms with E-state index in [9.17, 15) is 0 Å². The third kappa shape index (κ3) is 3.81. The van der Waals surface area contributed by atoms with Gasteiger partial charge in [-0.15, -0.1) is 0 Å². The van der Waals surface area contributed by atoms with Gasteiger partial charge in [0.2, 0.25) is 0 Å². The van der Waals surface area contributed by atoms with Gasteiger partial charge in [-0.3, -0.25) is 0 Å². The van der Waals surface area contributed by atoms with Gasteiger partial charge in [0.25, 0.3) is 0 Å². The highest BCUT2D eigenvalue weighted by Gasteiger charge is 2.13. The van der Waals surface area contributed by atoms with Crippen LogP contribution >= 0.6 is 11.6 Å². The van der Waals surface area contributed by atoms with Crippen molar-refractivity contribution in [3.8, 4) is 5.75 Å². The number of ether oxygens (including phenoxy) is 1. The van der Waals surface area contributed by atoms with E-state index in [2.05, 4.69) is 19.0 Å². The van der Waals surface area contributed by atoms with Crippen molar-refractivity contribution in [1.82, 2.24) is 0 Å². The van der Waals surface area contributed by atoms with Crippen molar-refractivity contribution in [3.63, 3.8) is 0 Å². The third-order valence-corrected chi connectivity index (χ3v) is 2.96. The number of nitrogens with two attached hydrogens (primary N) is 1. The Bertz CT molecular complexity index is 421. The van der Waals surface area contributed by atoms with E-state index in [1.54, 1.807) is 18.2 Å². The molecule has 1 aromatic rings. The molecule has 0 saturated heterocycles. The molecule has 0 bridgehead atoms. The van der Waals surface area contributed by atoms with Crippen molar-refractivity contribution in [1.29, 1.82) is 0 Å². The molecule has 1 rings (SSSR count). The molecular weight excluding hydrogens is 252 g/mol. The van der Waals surface area contributed by atoms with Gasteiger partial charge in [0, 0.05) is 0 Å². The lowest BCUT2D eigenvalue weighted by molar-refractivity contribution is 0.251. The Balaban J connectivity index is 2.85. The van der Waals surface area contributed by atoms with Crippen LogP contribution in [0.4, 0.5) is 0 Å². The van der Waals surface area contributed by atoms with Gasteiger partial charge in [0.05, 0.1) is 17.2 Å². The summed E-state index contributed by atoms with van der Waals surface area (Å²) in [6.45, 7) is 4.84. The van der Waals surface area contributed by atoms with Crippen LogP contribution in [-0.2, 0) is 0 Å². The minimum atomic E-state index is -0.0428. The Morgan fingerprint density at radius 3 is 2.89 bits per heavy atom. The third-order valence-electron chi connectivity index (χ3n) is 2.64. The number of nitrogens with zero attached hydrogens (tertiary/aromatic N) is 1. The summed E-state index contributed by atoms with van der Waals surface area (Å²) < 4.78 is 5.70. The van der Waals surface area contributed by atoms with E-state index < -0.39 is 0 Å². The maximum atomic E-state index is 8.75. The van der Waals surface area contributed by atoms with Gasteiger partial charge in [-0.05, 0) is 24.5 Å². The van der Waals surface area contributed by atoms with Crippen LogP contribution in [0.2, 0.25) is 5.02 Å². The van der Waals surface area contributed by atoms with Gasteiger partial charge in [-0.1, -0.05) is 43.1 Å². The minimum Gasteiger partial charge on any atom is -0.492 e. The molecule has 0 aliphatic heterocycles. The van der Waals surface area contributed by atoms with Crippen molar-refractivity contribution >= 4 is 17.4 Å². The number of hydrogen-bond donors (Lipinski definition) is 2. The molecule has 0 saturated carbocycles. The second-order valence-electron chi connectivity index (χ2n) is 4.30. The molecule has 1 aromatic carbocycles. The fraction of sp³-hybridized carbons (Fsp3) is 0.462. The van der Waals surface area contributed by atoms with E-state index in [0.717, 1.165) is 12.8 Å². The van der Waals surface area contributed by atoms with E-state index in [1.165, 1.54) is 0 Å². The van der Waals surface area contributed by atoms with Gasteiger partial charge >= 0.3 is 0 Å². The number of benzene rings is 1. The van der Waals surface area contributed by atoms with Crippen LogP contribution in [0.1, 0.15) is 32.3 Å². The van der Waals surface area contributed by atoms with Crippen LogP contribution in [0.15, 0.2) is 23.4 Å². The first-order valence-corrected chi connectivity index (χ1v) is 6.37. The summed E-state index contributed by atoms with van der Waals surface area (Å²) in [6.07, 6.45) is 2.21. The summed E-state index contributed by atoms with van der Waals surface area (Å²) in [7, 11) is 0. The summed E-state index contributed by atoms with van der Waals surface area (Å²) in [5.74, 6) is 0.952. The highest BCUT2D eigenvalue weighted by atomic mass is 35.5. The Morgan fingerprint density at radius 2 is 2.28 bits per heavy atom. The molecular formula is C13H19ClN2O2. The molecule has 1 atom stereocenters. The first kappa shape index (κ1) is 14.6. The summed E-state index contributed by atoms with van der Waals surface area (Å²) in [6, 6.07) is 5.21. The molecule has 18 heavy (non-hydrogen) atoms. The summed E-state index contributed by atoms with van der Waals surface area (Å²) >= 11 is 6.03. The quantitative estimate of drug-likeness (QED) is 0.361. The van der Waals surface area contributed by atoms with E-state index in [-0.39, 0.29) is 5.84 Å². The van der Waals surface area contributed by atoms with E-state index in [4.69, 9.17) is 27.3 Å². The number of rotatable bonds is 6. The summed E-state index contributed by atoms with van der Waals surface area (Å²) in [5.41, 5.74) is 6.03. The summed E-state index contributed by atoms with van der Waals surface area (Å²) in [5, 5.41) is 12.1. The lowest BCUT2D eigenvalue weighted by Crippen LogP contribution is -2.17. The van der Waals surface area contributed by atoms with Gasteiger partial charge in [-0.2, -0.15) is 0 Å². The van der Waals surface area contributed by atoms with E-state index in [0.29, 0.717) is 28.9 Å². The minimum absolute atomic E-state index is 0.0428. The predicted octanol–water partition coefficient (Wildman–Crippen LogP) is 3.25. The first-order valence-electron chi connectivity index (χ1n) is 5.99. The predicted molar refractivity (Wildman–Crippen MR) is 73.5 cm³/mol. The maximum Gasteiger partial charge on any atom is 0.175 e. The highest BCUT2D eigenvalue weighted by Crippen LogP contribution is 2.26. The van der Waals surface area contributed by atoms with Crippen LogP contribution in [0, 0.1) is 5.92 Å². The normalized spacial score (nSPS) is 13.4. The fourth-order valence-electron chi connectivity index (χ4n) is 1.73. The monoisotopic (exact) mass is 270 g/mol. The number of halogens is 1. The largest absolute Gasteiger partial charge is 0.492 e. The molecule has 4 nitrogen and oxygen atoms in total. The standard InChI is InChI=1S/C13H19ClN2O2/c1-3-5-9(2)8-18-11-7-4-6-10(14)12(11)13(15)16-17/h4,6-7,9,17H,3,5,8H2,1-2H3,(H2,15,16). The average Bonchev–Trinajstić information content (AvgIpc) is 2.36. The van der Waals surface area contributed by atoms with Crippen molar-refractivity contribution in [3.05, 3.63) is 28.8 Å². The molecule has 3 N–H and O–H groups in total. The molecule has 0 aliphatic rings. The van der Waals surface area contributed by atoms with Crippen LogP contribution in [0.3, 0.4) is 0 Å². The Kier molecular flexibility index (Phi) is 5.78. The number of hydrogen-bond acceptors (Lipinski definition) is 3. The molecule has 0 aliphatic carbocycles. The molecule has 0 fully saturated rings. The number of oxime groups is 1. The zero-order valence-electron chi connectivity index (χ0n) is 10.7. The zero-order chi connectivity index (χ0) is 13.5. The van der Waals surface area contributed by atoms with Gasteiger partial charge < -0.3 is 15.7 Å². The molecule has 0 aromatic heterocycles. The smallest absolute Gasteiger partial charge is 0.175 e. The summed E-state index contributed by atoms with van der Waals surface area (Å²) in [4.78, 5) is 0. The Labute approximate surface area is 112 Å². The maximum absolute atomic E-state index is 8.75. The van der Waals surface area contributed by atoms with Crippen molar-refractivity contribution in [2.45, 2.75) is 26.7 Å². The lowest BCUT2D eigenvalue weighted by Gasteiger charge is -2.15. The SMILES string of the molecule is CCCC(C)COc1cccc(Cl)c1/C(N)=N/O. The molecule has 0 amide bonds. The molecule has 1 unspecified atom stereocenters. The molecule has 0 radical (unpaired) electrons. The Morgan fingerprint density at radius 1 is 1.56 bits per heavy atom. The van der Waals surface area contributed by atoms with Gasteiger partial charge in [0.15, 0.2) is 5.84 Å². The van der Waals surface area contributed by atoms with Crippen LogP contribution in [0.5, 0.6) is 5.75 Å². The lowest BCUT2D eigenvalue weighted by atomic mass is 10.1. The molecule has 5 heteroatoms. The van der Waals surface area contributed by atoms with Gasteiger partial charge in [0.1, 0.15) is 5.75 Å².